The molecule has 0 heterocycles. The molecule has 0 amide bonds. The molecule has 0 spiro atoms. The summed E-state index contributed by atoms with van der Waals surface area (Å²) in [6, 6.07) is 8.32. The Kier molecular flexibility index (Phi) is 10.2. The zero-order valence-corrected chi connectivity index (χ0v) is 23.0. The minimum Gasteiger partial charge on any atom is -0.507 e. The van der Waals surface area contributed by atoms with Gasteiger partial charge in [-0.2, -0.15) is 0 Å². The summed E-state index contributed by atoms with van der Waals surface area (Å²) < 4.78 is 0. The predicted octanol–water partition coefficient (Wildman–Crippen LogP) is 6.86. The first-order valence-electron chi connectivity index (χ1n) is 13.4. The molecule has 0 aliphatic carbocycles. The molecule has 4 heteroatoms. The third kappa shape index (κ3) is 6.59. The van der Waals surface area contributed by atoms with E-state index in [2.05, 4.69) is 72.7 Å². The fourth-order valence-electron chi connectivity index (χ4n) is 4.84. The average molecular weight is 485 g/mol. The van der Waals surface area contributed by atoms with Gasteiger partial charge in [0.1, 0.15) is 11.5 Å². The van der Waals surface area contributed by atoms with Crippen LogP contribution >= 0.6 is 0 Å². The van der Waals surface area contributed by atoms with Crippen molar-refractivity contribution in [3.05, 3.63) is 57.6 Å². The van der Waals surface area contributed by atoms with Crippen molar-refractivity contribution in [3.8, 4) is 11.5 Å². The Bertz CT molecular complexity index is 897. The van der Waals surface area contributed by atoms with Gasteiger partial charge in [0.25, 0.3) is 0 Å². The number of phenolic OH excluding ortho intramolecular Hbond substituents is 2. The minimum absolute atomic E-state index is 0.128. The summed E-state index contributed by atoms with van der Waals surface area (Å²) in [5, 5.41) is 42.0. The fraction of sp³-hybridized carbons (Fsp3) is 0.613. The summed E-state index contributed by atoms with van der Waals surface area (Å²) in [6.07, 6.45) is 5.32. The van der Waals surface area contributed by atoms with Gasteiger partial charge >= 0.3 is 0 Å². The molecule has 196 valence electrons. The number of aliphatic hydroxyl groups is 2. The summed E-state index contributed by atoms with van der Waals surface area (Å²) in [5.41, 5.74) is 5.34. The van der Waals surface area contributed by atoms with Crippen LogP contribution in [-0.4, -0.2) is 33.6 Å². The van der Waals surface area contributed by atoms with Crippen LogP contribution in [0.4, 0.5) is 0 Å². The smallest absolute Gasteiger partial charge is 0.123 e. The maximum Gasteiger partial charge on any atom is 0.123 e. The SMILES string of the molecule is CCC(c1cc(CCCO)cc(C(C)(C)CC)c1O)c1cc(CCCO)cc(C(C)(C)CC)c1O. The molecular formula is C31H48O4. The fourth-order valence-corrected chi connectivity index (χ4v) is 4.84. The molecule has 0 atom stereocenters. The molecule has 0 fully saturated rings. The van der Waals surface area contributed by atoms with Crippen molar-refractivity contribution in [2.75, 3.05) is 13.2 Å². The Labute approximate surface area is 213 Å². The molecule has 0 radical (unpaired) electrons. The topological polar surface area (TPSA) is 80.9 Å². The van der Waals surface area contributed by atoms with Crippen LogP contribution < -0.4 is 0 Å². The summed E-state index contributed by atoms with van der Waals surface area (Å²) in [7, 11) is 0. The summed E-state index contributed by atoms with van der Waals surface area (Å²) in [4.78, 5) is 0. The Hall–Kier alpha value is -2.04. The molecule has 0 saturated heterocycles. The second-order valence-corrected chi connectivity index (χ2v) is 11.3. The van der Waals surface area contributed by atoms with Crippen LogP contribution in [0, 0.1) is 0 Å². The first kappa shape index (κ1) is 29.2. The minimum atomic E-state index is -0.202. The molecule has 35 heavy (non-hydrogen) atoms. The molecule has 0 bridgehead atoms. The Morgan fingerprint density at radius 2 is 1.03 bits per heavy atom. The van der Waals surface area contributed by atoms with Crippen molar-refractivity contribution in [1.29, 1.82) is 0 Å². The number of hydrogen-bond donors (Lipinski definition) is 4. The number of rotatable bonds is 13. The van der Waals surface area contributed by atoms with Crippen LogP contribution in [0.1, 0.15) is 120 Å². The standard InChI is InChI=1S/C31H48O4/c1-8-23(24-17-21(13-11-15-32)19-26(28(24)34)30(4,5)9-2)25-18-22(14-12-16-33)20-27(29(25)35)31(6,7)10-3/h17-20,23,32-35H,8-16H2,1-7H3. The van der Waals surface area contributed by atoms with E-state index in [1.54, 1.807) is 0 Å². The molecule has 4 nitrogen and oxygen atoms in total. The number of hydrogen-bond acceptors (Lipinski definition) is 4. The monoisotopic (exact) mass is 484 g/mol. The Balaban J connectivity index is 2.82. The highest BCUT2D eigenvalue weighted by molar-refractivity contribution is 5.56. The number of benzene rings is 2. The van der Waals surface area contributed by atoms with E-state index in [9.17, 15) is 20.4 Å². The number of aryl methyl sites for hydroxylation is 2. The van der Waals surface area contributed by atoms with Gasteiger partial charge in [0.15, 0.2) is 0 Å². The third-order valence-electron chi connectivity index (χ3n) is 8.03. The highest BCUT2D eigenvalue weighted by Crippen LogP contribution is 2.47. The van der Waals surface area contributed by atoms with Gasteiger partial charge in [0.05, 0.1) is 0 Å². The van der Waals surface area contributed by atoms with Crippen LogP contribution in [0.5, 0.6) is 11.5 Å². The van der Waals surface area contributed by atoms with Gasteiger partial charge in [0.2, 0.25) is 0 Å². The van der Waals surface area contributed by atoms with E-state index in [0.29, 0.717) is 24.3 Å². The Morgan fingerprint density at radius 3 is 1.31 bits per heavy atom. The lowest BCUT2D eigenvalue weighted by Crippen LogP contribution is -2.19. The molecule has 0 aromatic heterocycles. The van der Waals surface area contributed by atoms with E-state index >= 15 is 0 Å². The zero-order valence-electron chi connectivity index (χ0n) is 23.0. The summed E-state index contributed by atoms with van der Waals surface area (Å²) >= 11 is 0. The van der Waals surface area contributed by atoms with Crippen LogP contribution in [0.3, 0.4) is 0 Å². The van der Waals surface area contributed by atoms with Crippen molar-refractivity contribution >= 4 is 0 Å². The van der Waals surface area contributed by atoms with Crippen molar-refractivity contribution in [2.45, 2.75) is 110 Å². The largest absolute Gasteiger partial charge is 0.507 e. The molecular weight excluding hydrogens is 436 g/mol. The quantitative estimate of drug-likeness (QED) is 0.250. The maximum atomic E-state index is 11.6. The van der Waals surface area contributed by atoms with Gasteiger partial charge in [-0.1, -0.05) is 72.7 Å². The molecule has 0 saturated carbocycles. The molecule has 0 aliphatic heterocycles. The molecule has 4 N–H and O–H groups in total. The van der Waals surface area contributed by atoms with Crippen molar-refractivity contribution < 1.29 is 20.4 Å². The van der Waals surface area contributed by atoms with Gasteiger partial charge in [-0.3, -0.25) is 0 Å². The van der Waals surface area contributed by atoms with Crippen LogP contribution in [0.25, 0.3) is 0 Å². The van der Waals surface area contributed by atoms with E-state index in [0.717, 1.165) is 65.5 Å². The predicted molar refractivity (Wildman–Crippen MR) is 146 cm³/mol. The number of phenols is 2. The molecule has 2 aromatic carbocycles. The molecule has 2 rings (SSSR count). The maximum absolute atomic E-state index is 11.6. The lowest BCUT2D eigenvalue weighted by atomic mass is 9.75. The molecule has 0 unspecified atom stereocenters. The molecule has 2 aromatic rings. The normalized spacial score (nSPS) is 12.5. The first-order valence-corrected chi connectivity index (χ1v) is 13.4. The molecule has 0 aliphatic rings. The van der Waals surface area contributed by atoms with E-state index in [-0.39, 0.29) is 30.0 Å². The van der Waals surface area contributed by atoms with Gasteiger partial charge < -0.3 is 20.4 Å². The van der Waals surface area contributed by atoms with E-state index in [1.165, 1.54) is 0 Å². The average Bonchev–Trinajstić information content (AvgIpc) is 2.84. The van der Waals surface area contributed by atoms with Crippen LogP contribution in [-0.2, 0) is 23.7 Å². The van der Waals surface area contributed by atoms with Gasteiger partial charge in [-0.25, -0.2) is 0 Å². The third-order valence-corrected chi connectivity index (χ3v) is 8.03. The van der Waals surface area contributed by atoms with Crippen molar-refractivity contribution in [2.24, 2.45) is 0 Å². The second-order valence-electron chi connectivity index (χ2n) is 11.3. The van der Waals surface area contributed by atoms with E-state index in [1.807, 2.05) is 0 Å². The highest BCUT2D eigenvalue weighted by Gasteiger charge is 2.31. The zero-order chi connectivity index (χ0) is 26.4. The van der Waals surface area contributed by atoms with Crippen LogP contribution in [0.15, 0.2) is 24.3 Å². The van der Waals surface area contributed by atoms with E-state index < -0.39 is 0 Å². The number of aliphatic hydroxyl groups excluding tert-OH is 2. The lowest BCUT2D eigenvalue weighted by Gasteiger charge is -2.31. The second kappa shape index (κ2) is 12.3. The highest BCUT2D eigenvalue weighted by atomic mass is 16.3. The van der Waals surface area contributed by atoms with Crippen LogP contribution in [0.2, 0.25) is 0 Å². The van der Waals surface area contributed by atoms with Gasteiger partial charge in [-0.05, 0) is 66.9 Å². The Morgan fingerprint density at radius 1 is 0.657 bits per heavy atom. The lowest BCUT2D eigenvalue weighted by molar-refractivity contribution is 0.288. The first-order chi connectivity index (χ1) is 16.5. The van der Waals surface area contributed by atoms with Crippen molar-refractivity contribution in [3.63, 3.8) is 0 Å². The van der Waals surface area contributed by atoms with E-state index in [4.69, 9.17) is 0 Å². The summed E-state index contributed by atoms with van der Waals surface area (Å²) in [6.45, 7) is 15.2. The number of aromatic hydroxyl groups is 2. The summed E-state index contributed by atoms with van der Waals surface area (Å²) in [5.74, 6) is 0.455. The van der Waals surface area contributed by atoms with Gasteiger partial charge in [0, 0.05) is 41.4 Å². The van der Waals surface area contributed by atoms with Crippen molar-refractivity contribution in [1.82, 2.24) is 0 Å². The van der Waals surface area contributed by atoms with Gasteiger partial charge in [-0.15, -0.1) is 0 Å².